The first kappa shape index (κ1) is 15.7. The van der Waals surface area contributed by atoms with E-state index in [0.29, 0.717) is 17.3 Å². The van der Waals surface area contributed by atoms with Gasteiger partial charge >= 0.3 is 0 Å². The highest BCUT2D eigenvalue weighted by atomic mass is 35.5. The maximum absolute atomic E-state index is 11.7. The first-order valence-corrected chi connectivity index (χ1v) is 8.05. The van der Waals surface area contributed by atoms with Gasteiger partial charge in [-0.1, -0.05) is 23.7 Å². The van der Waals surface area contributed by atoms with Gasteiger partial charge in [0.2, 0.25) is 0 Å². The Kier molecular flexibility index (Phi) is 5.96. The molecule has 2 aromatic rings. The molecule has 1 amide bonds. The maximum Gasteiger partial charge on any atom is 0.258 e. The lowest BCUT2D eigenvalue weighted by molar-refractivity contribution is -0.123. The largest absolute Gasteiger partial charge is 0.484 e. The van der Waals surface area contributed by atoms with E-state index in [2.05, 4.69) is 5.32 Å². The molecule has 21 heavy (non-hydrogen) atoms. The molecule has 2 rings (SSSR count). The van der Waals surface area contributed by atoms with Crippen LogP contribution in [0.1, 0.15) is 5.56 Å². The Bertz CT molecular complexity index is 584. The average Bonchev–Trinajstić information content (AvgIpc) is 2.53. The van der Waals surface area contributed by atoms with Gasteiger partial charge in [0.05, 0.1) is 0 Å². The predicted octanol–water partition coefficient (Wildman–Crippen LogP) is 3.76. The zero-order valence-electron chi connectivity index (χ0n) is 11.6. The zero-order valence-corrected chi connectivity index (χ0v) is 13.2. The molecule has 0 spiro atoms. The molecule has 0 atom stereocenters. The molecule has 0 heterocycles. The van der Waals surface area contributed by atoms with Crippen LogP contribution in [0.3, 0.4) is 0 Å². The highest BCUT2D eigenvalue weighted by Crippen LogP contribution is 2.16. The lowest BCUT2D eigenvalue weighted by atomic mass is 10.2. The number of hydrogen-bond acceptors (Lipinski definition) is 3. The molecular formula is C16H16ClNO2S. The van der Waals surface area contributed by atoms with Crippen LogP contribution in [0.25, 0.3) is 0 Å². The van der Waals surface area contributed by atoms with Crippen molar-refractivity contribution in [3.63, 3.8) is 0 Å². The van der Waals surface area contributed by atoms with E-state index in [4.69, 9.17) is 16.3 Å². The van der Waals surface area contributed by atoms with Gasteiger partial charge in [-0.15, -0.1) is 11.8 Å². The smallest absolute Gasteiger partial charge is 0.258 e. The van der Waals surface area contributed by atoms with E-state index in [0.717, 1.165) is 5.56 Å². The van der Waals surface area contributed by atoms with Crippen molar-refractivity contribution in [1.82, 2.24) is 5.32 Å². The van der Waals surface area contributed by atoms with Gasteiger partial charge in [-0.3, -0.25) is 4.79 Å². The van der Waals surface area contributed by atoms with Crippen LogP contribution in [0, 0.1) is 0 Å². The van der Waals surface area contributed by atoms with Crippen LogP contribution in [0.15, 0.2) is 53.4 Å². The Morgan fingerprint density at radius 1 is 1.14 bits per heavy atom. The SMILES string of the molecule is CSc1ccc(CNC(=O)COc2ccc(Cl)cc2)cc1. The molecule has 110 valence electrons. The molecule has 0 aliphatic carbocycles. The van der Waals surface area contributed by atoms with Crippen LogP contribution in [0.5, 0.6) is 5.75 Å². The molecule has 2 aromatic carbocycles. The van der Waals surface area contributed by atoms with Crippen molar-refractivity contribution in [3.05, 3.63) is 59.1 Å². The second kappa shape index (κ2) is 7.96. The standard InChI is InChI=1S/C16H16ClNO2S/c1-21-15-8-2-12(3-9-15)10-18-16(19)11-20-14-6-4-13(17)5-7-14/h2-9H,10-11H2,1H3,(H,18,19). The number of benzene rings is 2. The summed E-state index contributed by atoms with van der Waals surface area (Å²) in [6.07, 6.45) is 2.03. The summed E-state index contributed by atoms with van der Waals surface area (Å²) in [7, 11) is 0. The van der Waals surface area contributed by atoms with Crippen LogP contribution in [0.2, 0.25) is 5.02 Å². The summed E-state index contributed by atoms with van der Waals surface area (Å²) in [5.74, 6) is 0.470. The number of amides is 1. The number of carbonyl (C=O) groups excluding carboxylic acids is 1. The minimum atomic E-state index is -0.154. The Labute approximate surface area is 133 Å². The number of halogens is 1. The van der Waals surface area contributed by atoms with Crippen molar-refractivity contribution in [3.8, 4) is 5.75 Å². The quantitative estimate of drug-likeness (QED) is 0.823. The van der Waals surface area contributed by atoms with E-state index in [1.807, 2.05) is 30.5 Å². The van der Waals surface area contributed by atoms with Crippen LogP contribution >= 0.6 is 23.4 Å². The maximum atomic E-state index is 11.7. The highest BCUT2D eigenvalue weighted by molar-refractivity contribution is 7.98. The van der Waals surface area contributed by atoms with E-state index in [1.165, 1.54) is 4.90 Å². The fourth-order valence-electron chi connectivity index (χ4n) is 1.67. The van der Waals surface area contributed by atoms with Gasteiger partial charge in [0.15, 0.2) is 6.61 Å². The summed E-state index contributed by atoms with van der Waals surface area (Å²) in [5, 5.41) is 3.46. The molecule has 0 aliphatic heterocycles. The van der Waals surface area contributed by atoms with E-state index < -0.39 is 0 Å². The van der Waals surface area contributed by atoms with Crippen molar-refractivity contribution < 1.29 is 9.53 Å². The molecule has 0 bridgehead atoms. The van der Waals surface area contributed by atoms with Gasteiger partial charge in [0.25, 0.3) is 5.91 Å². The summed E-state index contributed by atoms with van der Waals surface area (Å²) < 4.78 is 5.37. The van der Waals surface area contributed by atoms with E-state index in [1.54, 1.807) is 36.0 Å². The highest BCUT2D eigenvalue weighted by Gasteiger charge is 2.03. The van der Waals surface area contributed by atoms with E-state index in [-0.39, 0.29) is 12.5 Å². The number of hydrogen-bond donors (Lipinski definition) is 1. The second-order valence-electron chi connectivity index (χ2n) is 4.37. The van der Waals surface area contributed by atoms with Crippen LogP contribution < -0.4 is 10.1 Å². The predicted molar refractivity (Wildman–Crippen MR) is 87.0 cm³/mol. The summed E-state index contributed by atoms with van der Waals surface area (Å²) in [4.78, 5) is 12.9. The van der Waals surface area contributed by atoms with Crippen LogP contribution in [0.4, 0.5) is 0 Å². The number of rotatable bonds is 6. The van der Waals surface area contributed by atoms with Crippen LogP contribution in [-0.4, -0.2) is 18.8 Å². The lowest BCUT2D eigenvalue weighted by Crippen LogP contribution is -2.28. The Morgan fingerprint density at radius 2 is 1.81 bits per heavy atom. The third kappa shape index (κ3) is 5.33. The van der Waals surface area contributed by atoms with Crippen molar-refractivity contribution in [2.45, 2.75) is 11.4 Å². The topological polar surface area (TPSA) is 38.3 Å². The Balaban J connectivity index is 1.75. The molecule has 0 fully saturated rings. The second-order valence-corrected chi connectivity index (χ2v) is 5.68. The average molecular weight is 322 g/mol. The fourth-order valence-corrected chi connectivity index (χ4v) is 2.21. The number of nitrogens with one attached hydrogen (secondary N) is 1. The lowest BCUT2D eigenvalue weighted by Gasteiger charge is -2.08. The molecular weight excluding hydrogens is 306 g/mol. The van der Waals surface area contributed by atoms with Crippen molar-refractivity contribution in [1.29, 1.82) is 0 Å². The van der Waals surface area contributed by atoms with Gasteiger partial charge in [-0.2, -0.15) is 0 Å². The number of ether oxygens (including phenoxy) is 1. The normalized spacial score (nSPS) is 10.2. The molecule has 3 nitrogen and oxygen atoms in total. The van der Waals surface area contributed by atoms with Crippen molar-refractivity contribution in [2.75, 3.05) is 12.9 Å². The molecule has 1 N–H and O–H groups in total. The zero-order chi connectivity index (χ0) is 15.1. The van der Waals surface area contributed by atoms with Crippen molar-refractivity contribution in [2.24, 2.45) is 0 Å². The minimum absolute atomic E-state index is 0.00940. The van der Waals surface area contributed by atoms with Gasteiger partial charge < -0.3 is 10.1 Å². The summed E-state index contributed by atoms with van der Waals surface area (Å²) in [6, 6.07) is 15.0. The third-order valence-electron chi connectivity index (χ3n) is 2.83. The molecule has 0 aromatic heterocycles. The molecule has 0 saturated heterocycles. The molecule has 0 unspecified atom stereocenters. The van der Waals surface area contributed by atoms with Crippen LogP contribution in [-0.2, 0) is 11.3 Å². The Hall–Kier alpha value is -1.65. The van der Waals surface area contributed by atoms with Crippen molar-refractivity contribution >= 4 is 29.3 Å². The first-order chi connectivity index (χ1) is 10.2. The molecule has 0 radical (unpaired) electrons. The Morgan fingerprint density at radius 3 is 2.43 bits per heavy atom. The number of carbonyl (C=O) groups is 1. The van der Waals surface area contributed by atoms with Gasteiger partial charge in [0, 0.05) is 16.5 Å². The monoisotopic (exact) mass is 321 g/mol. The van der Waals surface area contributed by atoms with Gasteiger partial charge in [0.1, 0.15) is 5.75 Å². The fraction of sp³-hybridized carbons (Fsp3) is 0.188. The molecule has 0 saturated carbocycles. The van der Waals surface area contributed by atoms with E-state index in [9.17, 15) is 4.79 Å². The minimum Gasteiger partial charge on any atom is -0.484 e. The molecule has 5 heteroatoms. The third-order valence-corrected chi connectivity index (χ3v) is 3.83. The number of thioether (sulfide) groups is 1. The van der Waals surface area contributed by atoms with Gasteiger partial charge in [-0.05, 0) is 48.2 Å². The van der Waals surface area contributed by atoms with Gasteiger partial charge in [-0.25, -0.2) is 0 Å². The first-order valence-electron chi connectivity index (χ1n) is 6.45. The summed E-state index contributed by atoms with van der Waals surface area (Å²) >= 11 is 7.47. The molecule has 0 aliphatic rings. The summed E-state index contributed by atoms with van der Waals surface area (Å²) in [5.41, 5.74) is 1.06. The summed E-state index contributed by atoms with van der Waals surface area (Å²) in [6.45, 7) is 0.488. The van der Waals surface area contributed by atoms with E-state index >= 15 is 0 Å².